The topological polar surface area (TPSA) is 115 Å². The van der Waals surface area contributed by atoms with Crippen molar-refractivity contribution in [1.29, 1.82) is 0 Å². The molecule has 0 radical (unpaired) electrons. The van der Waals surface area contributed by atoms with Gasteiger partial charge in [-0.2, -0.15) is 15.1 Å². The predicted molar refractivity (Wildman–Crippen MR) is 90.2 cm³/mol. The minimum absolute atomic E-state index is 0.131. The third-order valence-electron chi connectivity index (χ3n) is 4.48. The highest BCUT2D eigenvalue weighted by atomic mass is 16.5. The average Bonchev–Trinajstić information content (AvgIpc) is 2.94. The number of H-pyrrole nitrogens is 1. The molecule has 1 aliphatic heterocycles. The fourth-order valence-electron chi connectivity index (χ4n) is 3.15. The maximum absolute atomic E-state index is 11.6. The zero-order valence-electron chi connectivity index (χ0n) is 14.0. The highest BCUT2D eigenvalue weighted by Gasteiger charge is 2.23. The van der Waals surface area contributed by atoms with Gasteiger partial charge in [0.05, 0.1) is 7.11 Å². The molecule has 0 atom stereocenters. The van der Waals surface area contributed by atoms with E-state index in [1.807, 2.05) is 6.92 Å². The highest BCUT2D eigenvalue weighted by molar-refractivity contribution is 5.45. The van der Waals surface area contributed by atoms with E-state index in [1.165, 1.54) is 0 Å². The molecule has 0 aliphatic carbocycles. The van der Waals surface area contributed by atoms with Crippen molar-refractivity contribution in [2.75, 3.05) is 30.8 Å². The molecular weight excluding hydrogens is 310 g/mol. The fourth-order valence-corrected chi connectivity index (χ4v) is 3.15. The lowest BCUT2D eigenvalue weighted by atomic mass is 9.93. The zero-order valence-corrected chi connectivity index (χ0v) is 14.0. The quantitative estimate of drug-likeness (QED) is 0.815. The van der Waals surface area contributed by atoms with Crippen molar-refractivity contribution < 1.29 is 4.74 Å². The number of aromatic nitrogens is 5. The molecule has 0 amide bonds. The van der Waals surface area contributed by atoms with Crippen molar-refractivity contribution in [2.24, 2.45) is 5.92 Å². The summed E-state index contributed by atoms with van der Waals surface area (Å²) in [6, 6.07) is 1.80. The Morgan fingerprint density at radius 3 is 2.79 bits per heavy atom. The molecule has 130 valence electrons. The Balaban J connectivity index is 1.63. The maximum atomic E-state index is 11.6. The van der Waals surface area contributed by atoms with Crippen molar-refractivity contribution in [2.45, 2.75) is 32.7 Å². The van der Waals surface area contributed by atoms with Crippen molar-refractivity contribution in [1.82, 2.24) is 24.7 Å². The van der Waals surface area contributed by atoms with Crippen LogP contribution in [0.4, 0.5) is 11.8 Å². The number of rotatable bonds is 5. The van der Waals surface area contributed by atoms with Gasteiger partial charge in [0, 0.05) is 32.1 Å². The second-order valence-corrected chi connectivity index (χ2v) is 5.95. The van der Waals surface area contributed by atoms with Crippen molar-refractivity contribution in [3.63, 3.8) is 0 Å². The summed E-state index contributed by atoms with van der Waals surface area (Å²) in [7, 11) is 1.56. The van der Waals surface area contributed by atoms with Crippen LogP contribution in [0.3, 0.4) is 0 Å². The largest absolute Gasteiger partial charge is 0.481 e. The first kappa shape index (κ1) is 16.3. The van der Waals surface area contributed by atoms with Crippen LogP contribution < -0.4 is 21.1 Å². The van der Waals surface area contributed by atoms with Crippen LogP contribution in [0.25, 0.3) is 0 Å². The molecule has 9 heteroatoms. The van der Waals surface area contributed by atoms with Gasteiger partial charge in [-0.3, -0.25) is 4.57 Å². The van der Waals surface area contributed by atoms with Crippen LogP contribution in [0.15, 0.2) is 10.9 Å². The molecule has 1 fully saturated rings. The summed E-state index contributed by atoms with van der Waals surface area (Å²) in [5.41, 5.74) is 5.60. The van der Waals surface area contributed by atoms with E-state index in [2.05, 4.69) is 25.1 Å². The molecule has 0 spiro atoms. The van der Waals surface area contributed by atoms with Gasteiger partial charge in [0.1, 0.15) is 11.6 Å². The van der Waals surface area contributed by atoms with E-state index in [0.717, 1.165) is 44.0 Å². The van der Waals surface area contributed by atoms with E-state index in [9.17, 15) is 4.79 Å². The molecule has 3 heterocycles. The van der Waals surface area contributed by atoms with E-state index in [4.69, 9.17) is 10.5 Å². The van der Waals surface area contributed by atoms with E-state index < -0.39 is 0 Å². The molecule has 24 heavy (non-hydrogen) atoms. The van der Waals surface area contributed by atoms with Gasteiger partial charge in [-0.1, -0.05) is 0 Å². The monoisotopic (exact) mass is 333 g/mol. The third kappa shape index (κ3) is 3.34. The Morgan fingerprint density at radius 2 is 2.12 bits per heavy atom. The number of hydrogen-bond acceptors (Lipinski definition) is 7. The first-order chi connectivity index (χ1) is 11.6. The number of aromatic amines is 1. The molecule has 0 saturated carbocycles. The van der Waals surface area contributed by atoms with Crippen molar-refractivity contribution in [3.05, 3.63) is 22.4 Å². The Hall–Kier alpha value is -2.58. The molecular formula is C15H23N7O2. The van der Waals surface area contributed by atoms with Crippen LogP contribution in [0, 0.1) is 5.92 Å². The number of hydrogen-bond donors (Lipinski definition) is 2. The Labute approximate surface area is 139 Å². The van der Waals surface area contributed by atoms with Crippen molar-refractivity contribution >= 4 is 11.8 Å². The fraction of sp³-hybridized carbons (Fsp3) is 0.600. The molecule has 1 saturated heterocycles. The first-order valence-electron chi connectivity index (χ1n) is 8.18. The third-order valence-corrected chi connectivity index (χ3v) is 4.48. The number of nitrogen functional groups attached to an aromatic ring is 1. The van der Waals surface area contributed by atoms with Gasteiger partial charge in [0.15, 0.2) is 0 Å². The zero-order chi connectivity index (χ0) is 17.1. The van der Waals surface area contributed by atoms with Gasteiger partial charge in [-0.05, 0) is 25.7 Å². The van der Waals surface area contributed by atoms with Crippen LogP contribution >= 0.6 is 0 Å². The number of ether oxygens (including phenoxy) is 1. The van der Waals surface area contributed by atoms with Crippen LogP contribution in [0.1, 0.15) is 25.6 Å². The van der Waals surface area contributed by atoms with Gasteiger partial charge in [0.2, 0.25) is 11.8 Å². The maximum Gasteiger partial charge on any atom is 0.343 e. The van der Waals surface area contributed by atoms with Gasteiger partial charge in [-0.25, -0.2) is 9.89 Å². The van der Waals surface area contributed by atoms with Gasteiger partial charge in [0.25, 0.3) is 0 Å². The summed E-state index contributed by atoms with van der Waals surface area (Å²) >= 11 is 0. The minimum atomic E-state index is -0.131. The van der Waals surface area contributed by atoms with Crippen molar-refractivity contribution in [3.8, 4) is 5.88 Å². The number of nitrogens with zero attached hydrogens (tertiary/aromatic N) is 5. The summed E-state index contributed by atoms with van der Waals surface area (Å²) in [5, 5.41) is 6.68. The molecule has 3 N–H and O–H groups in total. The van der Waals surface area contributed by atoms with Crippen LogP contribution in [-0.2, 0) is 13.0 Å². The van der Waals surface area contributed by atoms with E-state index in [1.54, 1.807) is 17.7 Å². The highest BCUT2D eigenvalue weighted by Crippen LogP contribution is 2.26. The van der Waals surface area contributed by atoms with Gasteiger partial charge < -0.3 is 15.4 Å². The predicted octanol–water partition coefficient (Wildman–Crippen LogP) is 0.431. The number of piperidine rings is 1. The number of nitrogens with two attached hydrogens (primary N) is 1. The number of anilines is 2. The molecule has 0 unspecified atom stereocenters. The molecule has 0 aromatic carbocycles. The standard InChI is InChI=1S/C15H23N7O2/c1-3-22-12(19-20-15(22)23)8-10-4-6-21(7-5-10)11-9-13(24-2)18-14(16)17-11/h9-10H,3-8H2,1-2H3,(H,20,23)(H2,16,17,18). The summed E-state index contributed by atoms with van der Waals surface area (Å²) in [6.45, 7) is 4.36. The summed E-state index contributed by atoms with van der Waals surface area (Å²) in [5.74, 6) is 2.83. The first-order valence-corrected chi connectivity index (χ1v) is 8.18. The summed E-state index contributed by atoms with van der Waals surface area (Å²) < 4.78 is 6.85. The molecule has 2 aromatic heterocycles. The van der Waals surface area contributed by atoms with Gasteiger partial charge >= 0.3 is 5.69 Å². The summed E-state index contributed by atoms with van der Waals surface area (Å²) in [4.78, 5) is 22.1. The van der Waals surface area contributed by atoms with Gasteiger partial charge in [-0.15, -0.1) is 0 Å². The SMILES string of the molecule is CCn1c(CC2CCN(c3cc(OC)nc(N)n3)CC2)n[nH]c1=O. The van der Waals surface area contributed by atoms with E-state index >= 15 is 0 Å². The molecule has 0 bridgehead atoms. The smallest absolute Gasteiger partial charge is 0.343 e. The van der Waals surface area contributed by atoms with Crippen LogP contribution in [0.2, 0.25) is 0 Å². The molecule has 1 aliphatic rings. The Bertz CT molecular complexity index is 747. The second kappa shape index (κ2) is 6.90. The average molecular weight is 333 g/mol. The van der Waals surface area contributed by atoms with E-state index in [-0.39, 0.29) is 11.6 Å². The summed E-state index contributed by atoms with van der Waals surface area (Å²) in [6.07, 6.45) is 2.84. The lowest BCUT2D eigenvalue weighted by Gasteiger charge is -2.32. The lowest BCUT2D eigenvalue weighted by molar-refractivity contribution is 0.385. The Kier molecular flexibility index (Phi) is 4.68. The number of nitrogens with one attached hydrogen (secondary N) is 1. The van der Waals surface area contributed by atoms with Crippen LogP contribution in [-0.4, -0.2) is 44.9 Å². The van der Waals surface area contributed by atoms with E-state index in [0.29, 0.717) is 18.3 Å². The molecule has 2 aromatic rings. The lowest BCUT2D eigenvalue weighted by Crippen LogP contribution is -2.35. The normalized spacial score (nSPS) is 15.7. The molecule has 3 rings (SSSR count). The second-order valence-electron chi connectivity index (χ2n) is 5.95. The number of methoxy groups -OCH3 is 1. The molecule has 9 nitrogen and oxygen atoms in total. The van der Waals surface area contributed by atoms with Crippen LogP contribution in [0.5, 0.6) is 5.88 Å². The Morgan fingerprint density at radius 1 is 1.38 bits per heavy atom. The minimum Gasteiger partial charge on any atom is -0.481 e.